The van der Waals surface area contributed by atoms with Crippen LogP contribution in [0.3, 0.4) is 0 Å². The van der Waals surface area contributed by atoms with E-state index in [1.54, 1.807) is 12.1 Å². The lowest BCUT2D eigenvalue weighted by Crippen LogP contribution is -1.97. The maximum absolute atomic E-state index is 10.8. The summed E-state index contributed by atoms with van der Waals surface area (Å²) < 4.78 is 5.71. The number of benzene rings is 1. The molecule has 0 bridgehead atoms. The van der Waals surface area contributed by atoms with Crippen molar-refractivity contribution in [3.05, 3.63) is 35.4 Å². The van der Waals surface area contributed by atoms with Crippen LogP contribution in [-0.4, -0.2) is 24.3 Å². The van der Waals surface area contributed by atoms with E-state index in [1.807, 2.05) is 12.1 Å². The summed E-state index contributed by atoms with van der Waals surface area (Å²) in [5.74, 6) is -0.854. The average Bonchev–Trinajstić information content (AvgIpc) is 2.65. The highest BCUT2D eigenvalue weighted by Crippen LogP contribution is 2.11. The predicted octanol–water partition coefficient (Wildman–Crippen LogP) is 6.65. The molecule has 0 aromatic heterocycles. The Hall–Kier alpha value is -1.35. The van der Waals surface area contributed by atoms with Crippen LogP contribution in [0.4, 0.5) is 0 Å². The molecule has 1 rings (SSSR count). The Balaban J connectivity index is 1.83. The molecule has 0 saturated heterocycles. The second kappa shape index (κ2) is 15.9. The highest BCUT2D eigenvalue weighted by Gasteiger charge is 2.01. The average molecular weight is 363 g/mol. The Morgan fingerprint density at radius 1 is 0.769 bits per heavy atom. The van der Waals surface area contributed by atoms with Gasteiger partial charge in [0.1, 0.15) is 0 Å². The standard InChI is InChI=1S/C23H38O3/c1-2-3-4-5-9-12-19-26-20-13-10-7-6-8-11-14-21-15-17-22(18-16-21)23(24)25/h15-18H,2-14,19-20H2,1H3,(H,24,25). The van der Waals surface area contributed by atoms with E-state index in [4.69, 9.17) is 9.84 Å². The molecular weight excluding hydrogens is 324 g/mol. The van der Waals surface area contributed by atoms with Crippen LogP contribution in [0.5, 0.6) is 0 Å². The van der Waals surface area contributed by atoms with Gasteiger partial charge in [-0.2, -0.15) is 0 Å². The van der Waals surface area contributed by atoms with E-state index >= 15 is 0 Å². The SMILES string of the molecule is CCCCCCCCOCCCCCCCCc1ccc(C(=O)O)cc1. The van der Waals surface area contributed by atoms with Crippen LogP contribution < -0.4 is 0 Å². The van der Waals surface area contributed by atoms with Crippen molar-refractivity contribution in [2.45, 2.75) is 90.4 Å². The summed E-state index contributed by atoms with van der Waals surface area (Å²) in [6, 6.07) is 7.26. The number of unbranched alkanes of at least 4 members (excludes halogenated alkanes) is 10. The van der Waals surface area contributed by atoms with Crippen LogP contribution >= 0.6 is 0 Å². The lowest BCUT2D eigenvalue weighted by molar-refractivity contribution is 0.0697. The smallest absolute Gasteiger partial charge is 0.335 e. The van der Waals surface area contributed by atoms with E-state index in [1.165, 1.54) is 82.6 Å². The van der Waals surface area contributed by atoms with E-state index in [2.05, 4.69) is 6.92 Å². The molecule has 0 saturated carbocycles. The van der Waals surface area contributed by atoms with Crippen molar-refractivity contribution in [3.63, 3.8) is 0 Å². The van der Waals surface area contributed by atoms with Gasteiger partial charge in [0.05, 0.1) is 5.56 Å². The summed E-state index contributed by atoms with van der Waals surface area (Å²) in [5.41, 5.74) is 1.60. The summed E-state index contributed by atoms with van der Waals surface area (Å²) in [6.45, 7) is 4.11. The zero-order valence-corrected chi connectivity index (χ0v) is 16.7. The lowest BCUT2D eigenvalue weighted by atomic mass is 10.0. The van der Waals surface area contributed by atoms with Crippen LogP contribution in [0.25, 0.3) is 0 Å². The minimum Gasteiger partial charge on any atom is -0.478 e. The Morgan fingerprint density at radius 2 is 1.27 bits per heavy atom. The second-order valence-electron chi connectivity index (χ2n) is 7.25. The molecule has 0 aliphatic heterocycles. The van der Waals surface area contributed by atoms with Gasteiger partial charge in [-0.15, -0.1) is 0 Å². The number of aryl methyl sites for hydroxylation is 1. The highest BCUT2D eigenvalue weighted by atomic mass is 16.5. The van der Waals surface area contributed by atoms with Crippen LogP contribution in [0.15, 0.2) is 24.3 Å². The molecule has 0 radical (unpaired) electrons. The minimum absolute atomic E-state index is 0.368. The van der Waals surface area contributed by atoms with Crippen molar-refractivity contribution < 1.29 is 14.6 Å². The topological polar surface area (TPSA) is 46.5 Å². The van der Waals surface area contributed by atoms with Gasteiger partial charge in [-0.1, -0.05) is 76.8 Å². The molecule has 0 aliphatic carbocycles. The largest absolute Gasteiger partial charge is 0.478 e. The fourth-order valence-electron chi connectivity index (χ4n) is 3.14. The highest BCUT2D eigenvalue weighted by molar-refractivity contribution is 5.87. The van der Waals surface area contributed by atoms with Crippen molar-refractivity contribution in [2.75, 3.05) is 13.2 Å². The van der Waals surface area contributed by atoms with Gasteiger partial charge in [-0.25, -0.2) is 4.79 Å². The first-order chi connectivity index (χ1) is 12.7. The van der Waals surface area contributed by atoms with Crippen molar-refractivity contribution in [2.24, 2.45) is 0 Å². The van der Waals surface area contributed by atoms with E-state index in [0.717, 1.165) is 19.6 Å². The van der Waals surface area contributed by atoms with Gasteiger partial charge in [0, 0.05) is 13.2 Å². The summed E-state index contributed by atoms with van der Waals surface area (Å²) >= 11 is 0. The molecule has 1 aromatic carbocycles. The van der Waals surface area contributed by atoms with Gasteiger partial charge in [0.15, 0.2) is 0 Å². The number of ether oxygens (including phenoxy) is 1. The zero-order valence-electron chi connectivity index (χ0n) is 16.7. The zero-order chi connectivity index (χ0) is 18.9. The Bertz CT molecular complexity index is 453. The monoisotopic (exact) mass is 362 g/mol. The van der Waals surface area contributed by atoms with Crippen LogP contribution in [0, 0.1) is 0 Å². The van der Waals surface area contributed by atoms with Gasteiger partial charge in [-0.05, 0) is 43.4 Å². The third-order valence-electron chi connectivity index (χ3n) is 4.85. The maximum atomic E-state index is 10.8. The van der Waals surface area contributed by atoms with Crippen molar-refractivity contribution in [1.82, 2.24) is 0 Å². The number of aromatic carboxylic acids is 1. The number of carboxylic acids is 1. The molecule has 0 aliphatic rings. The first-order valence-corrected chi connectivity index (χ1v) is 10.6. The molecule has 0 atom stereocenters. The molecule has 1 N–H and O–H groups in total. The molecule has 3 nitrogen and oxygen atoms in total. The van der Waals surface area contributed by atoms with Crippen molar-refractivity contribution >= 4 is 5.97 Å². The number of rotatable bonds is 17. The molecule has 148 valence electrons. The molecular formula is C23H38O3. The minimum atomic E-state index is -0.854. The molecule has 0 amide bonds. The van der Waals surface area contributed by atoms with E-state index in [0.29, 0.717) is 5.56 Å². The Morgan fingerprint density at radius 3 is 1.81 bits per heavy atom. The molecule has 3 heteroatoms. The van der Waals surface area contributed by atoms with E-state index in [-0.39, 0.29) is 0 Å². The fraction of sp³-hybridized carbons (Fsp3) is 0.696. The molecule has 0 fully saturated rings. The van der Waals surface area contributed by atoms with E-state index < -0.39 is 5.97 Å². The second-order valence-corrected chi connectivity index (χ2v) is 7.25. The van der Waals surface area contributed by atoms with Crippen molar-refractivity contribution in [3.8, 4) is 0 Å². The molecule has 1 aromatic rings. The maximum Gasteiger partial charge on any atom is 0.335 e. The number of carboxylic acid groups (broad SMARTS) is 1. The fourth-order valence-corrected chi connectivity index (χ4v) is 3.14. The first kappa shape index (κ1) is 22.7. The van der Waals surface area contributed by atoms with Gasteiger partial charge in [0.25, 0.3) is 0 Å². The predicted molar refractivity (Wildman–Crippen MR) is 109 cm³/mol. The first-order valence-electron chi connectivity index (χ1n) is 10.6. The molecule has 0 spiro atoms. The summed E-state index contributed by atoms with van der Waals surface area (Å²) in [7, 11) is 0. The van der Waals surface area contributed by atoms with Crippen LogP contribution in [0.1, 0.15) is 99.9 Å². The Labute approximate surface area is 160 Å². The van der Waals surface area contributed by atoms with Crippen LogP contribution in [0.2, 0.25) is 0 Å². The third kappa shape index (κ3) is 12.1. The molecule has 26 heavy (non-hydrogen) atoms. The third-order valence-corrected chi connectivity index (χ3v) is 4.85. The number of hydrogen-bond donors (Lipinski definition) is 1. The molecule has 0 unspecified atom stereocenters. The van der Waals surface area contributed by atoms with Gasteiger partial charge >= 0.3 is 5.97 Å². The van der Waals surface area contributed by atoms with Gasteiger partial charge in [0.2, 0.25) is 0 Å². The lowest BCUT2D eigenvalue weighted by Gasteiger charge is -2.05. The van der Waals surface area contributed by atoms with Gasteiger partial charge in [-0.3, -0.25) is 0 Å². The summed E-state index contributed by atoms with van der Waals surface area (Å²) in [6.07, 6.45) is 16.5. The van der Waals surface area contributed by atoms with E-state index in [9.17, 15) is 4.79 Å². The quantitative estimate of drug-likeness (QED) is 0.316. The number of hydrogen-bond acceptors (Lipinski definition) is 2. The summed E-state index contributed by atoms with van der Waals surface area (Å²) in [4.78, 5) is 10.8. The summed E-state index contributed by atoms with van der Waals surface area (Å²) in [5, 5.41) is 8.88. The van der Waals surface area contributed by atoms with Gasteiger partial charge < -0.3 is 9.84 Å². The van der Waals surface area contributed by atoms with Crippen LogP contribution in [-0.2, 0) is 11.2 Å². The number of carbonyl (C=O) groups is 1. The Kier molecular flexibility index (Phi) is 13.8. The molecule has 0 heterocycles. The van der Waals surface area contributed by atoms with Crippen molar-refractivity contribution in [1.29, 1.82) is 0 Å². The normalized spacial score (nSPS) is 11.0.